The molecular weight excluding hydrogens is 274 g/mol. The van der Waals surface area contributed by atoms with Gasteiger partial charge in [0, 0.05) is 6.54 Å². The molecule has 2 aromatic carbocycles. The van der Waals surface area contributed by atoms with E-state index in [2.05, 4.69) is 5.32 Å². The maximum absolute atomic E-state index is 11.5. The lowest BCUT2D eigenvalue weighted by Gasteiger charge is -2.06. The highest BCUT2D eigenvalue weighted by Crippen LogP contribution is 2.00. The summed E-state index contributed by atoms with van der Waals surface area (Å²) < 4.78 is 5.16. The predicted octanol–water partition coefficient (Wildman–Crippen LogP) is 2.94. The Hall–Kier alpha value is -1.84. The third-order valence-electron chi connectivity index (χ3n) is 2.68. The van der Waals surface area contributed by atoms with Gasteiger partial charge in [-0.05, 0) is 11.1 Å². The zero-order valence-corrected chi connectivity index (χ0v) is 11.9. The Labute approximate surface area is 125 Å². The highest BCUT2D eigenvalue weighted by molar-refractivity contribution is 5.85. The highest BCUT2D eigenvalue weighted by atomic mass is 35.5. The van der Waals surface area contributed by atoms with E-state index in [1.54, 1.807) is 0 Å². The number of carbonyl (C=O) groups is 1. The quantitative estimate of drug-likeness (QED) is 0.832. The fourth-order valence-corrected chi connectivity index (χ4v) is 1.69. The summed E-state index contributed by atoms with van der Waals surface area (Å²) in [5.74, 6) is -0.236. The fraction of sp³-hybridized carbons (Fsp3) is 0.188. The maximum atomic E-state index is 11.5. The zero-order valence-electron chi connectivity index (χ0n) is 11.1. The molecule has 0 aliphatic heterocycles. The van der Waals surface area contributed by atoms with Gasteiger partial charge in [0.1, 0.15) is 6.61 Å². The fourth-order valence-electron chi connectivity index (χ4n) is 1.69. The Morgan fingerprint density at radius 3 is 2.05 bits per heavy atom. The average Bonchev–Trinajstić information content (AvgIpc) is 2.47. The minimum absolute atomic E-state index is 0. The molecule has 0 amide bonds. The SMILES string of the molecule is Cl.O=C(CNCc1ccccc1)OCc1ccccc1. The molecule has 1 N–H and O–H groups in total. The van der Waals surface area contributed by atoms with E-state index in [-0.39, 0.29) is 24.9 Å². The molecule has 2 rings (SSSR count). The van der Waals surface area contributed by atoms with E-state index in [9.17, 15) is 4.79 Å². The van der Waals surface area contributed by atoms with Crippen LogP contribution in [0.25, 0.3) is 0 Å². The van der Waals surface area contributed by atoms with Crippen molar-refractivity contribution in [1.29, 1.82) is 0 Å². The maximum Gasteiger partial charge on any atom is 0.320 e. The van der Waals surface area contributed by atoms with Crippen LogP contribution < -0.4 is 5.32 Å². The second-order valence-corrected chi connectivity index (χ2v) is 4.24. The molecule has 106 valence electrons. The molecule has 20 heavy (non-hydrogen) atoms. The van der Waals surface area contributed by atoms with Crippen LogP contribution in [0, 0.1) is 0 Å². The van der Waals surface area contributed by atoms with Crippen molar-refractivity contribution in [2.24, 2.45) is 0 Å². The Morgan fingerprint density at radius 2 is 1.45 bits per heavy atom. The van der Waals surface area contributed by atoms with Crippen LogP contribution >= 0.6 is 12.4 Å². The first-order valence-corrected chi connectivity index (χ1v) is 6.29. The molecule has 0 aliphatic rings. The van der Waals surface area contributed by atoms with Gasteiger partial charge < -0.3 is 10.1 Å². The van der Waals surface area contributed by atoms with Gasteiger partial charge in [-0.3, -0.25) is 4.79 Å². The van der Waals surface area contributed by atoms with Crippen LogP contribution in [0.4, 0.5) is 0 Å². The zero-order chi connectivity index (χ0) is 13.3. The largest absolute Gasteiger partial charge is 0.460 e. The molecule has 0 aliphatic carbocycles. The van der Waals surface area contributed by atoms with Gasteiger partial charge in [0.25, 0.3) is 0 Å². The molecule has 0 heterocycles. The van der Waals surface area contributed by atoms with Crippen LogP contribution in [0.5, 0.6) is 0 Å². The van der Waals surface area contributed by atoms with Crippen molar-refractivity contribution < 1.29 is 9.53 Å². The number of benzene rings is 2. The van der Waals surface area contributed by atoms with Gasteiger partial charge in [0.05, 0.1) is 6.54 Å². The second kappa shape index (κ2) is 9.13. The van der Waals surface area contributed by atoms with Crippen LogP contribution in [-0.4, -0.2) is 12.5 Å². The molecule has 0 saturated heterocycles. The summed E-state index contributed by atoms with van der Waals surface area (Å²) in [7, 11) is 0. The van der Waals surface area contributed by atoms with Gasteiger partial charge in [0.2, 0.25) is 0 Å². The Kier molecular flexibility index (Phi) is 7.40. The normalized spacial score (nSPS) is 9.60. The first-order chi connectivity index (χ1) is 9.34. The van der Waals surface area contributed by atoms with E-state index >= 15 is 0 Å². The van der Waals surface area contributed by atoms with Crippen LogP contribution in [-0.2, 0) is 22.7 Å². The lowest BCUT2D eigenvalue weighted by Crippen LogP contribution is -2.24. The van der Waals surface area contributed by atoms with Gasteiger partial charge in [-0.2, -0.15) is 0 Å². The molecule has 0 fully saturated rings. The van der Waals surface area contributed by atoms with E-state index in [0.29, 0.717) is 13.2 Å². The average molecular weight is 292 g/mol. The van der Waals surface area contributed by atoms with E-state index in [4.69, 9.17) is 4.74 Å². The third-order valence-corrected chi connectivity index (χ3v) is 2.68. The number of esters is 1. The minimum Gasteiger partial charge on any atom is -0.460 e. The summed E-state index contributed by atoms with van der Waals surface area (Å²) >= 11 is 0. The van der Waals surface area contributed by atoms with E-state index in [0.717, 1.165) is 11.1 Å². The van der Waals surface area contributed by atoms with Crippen molar-refractivity contribution >= 4 is 18.4 Å². The molecule has 0 bridgehead atoms. The monoisotopic (exact) mass is 291 g/mol. The van der Waals surface area contributed by atoms with E-state index < -0.39 is 0 Å². The molecule has 0 aromatic heterocycles. The summed E-state index contributed by atoms with van der Waals surface area (Å²) in [4.78, 5) is 11.5. The smallest absolute Gasteiger partial charge is 0.320 e. The Balaban J connectivity index is 0.00000200. The lowest BCUT2D eigenvalue weighted by atomic mass is 10.2. The summed E-state index contributed by atoms with van der Waals surface area (Å²) in [5, 5.41) is 3.06. The van der Waals surface area contributed by atoms with Gasteiger partial charge >= 0.3 is 5.97 Å². The molecule has 0 radical (unpaired) electrons. The molecule has 0 atom stereocenters. The van der Waals surface area contributed by atoms with Crippen LogP contribution in [0.15, 0.2) is 60.7 Å². The predicted molar refractivity (Wildman–Crippen MR) is 81.6 cm³/mol. The first-order valence-electron chi connectivity index (χ1n) is 6.29. The standard InChI is InChI=1S/C16H17NO2.ClH/c18-16(19-13-15-9-5-2-6-10-15)12-17-11-14-7-3-1-4-8-14;/h1-10,17H,11-13H2;1H. The summed E-state index contributed by atoms with van der Waals surface area (Å²) in [6, 6.07) is 19.6. The van der Waals surface area contributed by atoms with Crippen molar-refractivity contribution in [2.75, 3.05) is 6.54 Å². The molecule has 0 spiro atoms. The van der Waals surface area contributed by atoms with Crippen molar-refractivity contribution in [2.45, 2.75) is 13.2 Å². The van der Waals surface area contributed by atoms with E-state index in [1.165, 1.54) is 0 Å². The number of hydrogen-bond acceptors (Lipinski definition) is 3. The summed E-state index contributed by atoms with van der Waals surface area (Å²) in [6.07, 6.45) is 0. The molecule has 2 aromatic rings. The Bertz CT molecular complexity index is 502. The molecular formula is C16H18ClNO2. The van der Waals surface area contributed by atoms with Crippen LogP contribution in [0.2, 0.25) is 0 Å². The summed E-state index contributed by atoms with van der Waals surface area (Å²) in [5.41, 5.74) is 2.15. The number of hydrogen-bond donors (Lipinski definition) is 1. The number of carbonyl (C=O) groups excluding carboxylic acids is 1. The second-order valence-electron chi connectivity index (χ2n) is 4.24. The van der Waals surface area contributed by atoms with E-state index in [1.807, 2.05) is 60.7 Å². The Morgan fingerprint density at radius 1 is 0.900 bits per heavy atom. The number of nitrogens with one attached hydrogen (secondary N) is 1. The van der Waals surface area contributed by atoms with Gasteiger partial charge in [-0.1, -0.05) is 60.7 Å². The topological polar surface area (TPSA) is 38.3 Å². The lowest BCUT2D eigenvalue weighted by molar-refractivity contribution is -0.143. The highest BCUT2D eigenvalue weighted by Gasteiger charge is 2.02. The van der Waals surface area contributed by atoms with Gasteiger partial charge in [-0.25, -0.2) is 0 Å². The van der Waals surface area contributed by atoms with Crippen molar-refractivity contribution in [3.8, 4) is 0 Å². The van der Waals surface area contributed by atoms with Crippen molar-refractivity contribution in [1.82, 2.24) is 5.32 Å². The third kappa shape index (κ3) is 5.87. The minimum atomic E-state index is -0.236. The molecule has 0 unspecified atom stereocenters. The number of ether oxygens (including phenoxy) is 1. The number of rotatable bonds is 6. The van der Waals surface area contributed by atoms with Gasteiger partial charge in [-0.15, -0.1) is 12.4 Å². The van der Waals surface area contributed by atoms with Crippen molar-refractivity contribution in [3.05, 3.63) is 71.8 Å². The van der Waals surface area contributed by atoms with Crippen LogP contribution in [0.1, 0.15) is 11.1 Å². The molecule has 3 nitrogen and oxygen atoms in total. The molecule has 4 heteroatoms. The van der Waals surface area contributed by atoms with Crippen molar-refractivity contribution in [3.63, 3.8) is 0 Å². The number of halogens is 1. The van der Waals surface area contributed by atoms with Crippen LogP contribution in [0.3, 0.4) is 0 Å². The first kappa shape index (κ1) is 16.2. The summed E-state index contributed by atoms with van der Waals surface area (Å²) in [6.45, 7) is 1.22. The van der Waals surface area contributed by atoms with Gasteiger partial charge in [0.15, 0.2) is 0 Å². The molecule has 0 saturated carbocycles.